The van der Waals surface area contributed by atoms with Gasteiger partial charge in [0.25, 0.3) is 23.6 Å². The zero-order valence-electron chi connectivity index (χ0n) is 35.0. The Morgan fingerprint density at radius 1 is 0.554 bits per heavy atom. The first-order valence-electron chi connectivity index (χ1n) is 19.8. The molecule has 0 saturated carbocycles. The van der Waals surface area contributed by atoms with Crippen LogP contribution in [0.4, 0.5) is 34.1 Å². The SMILES string of the molecule is CC(=O)C(N=Nc1cc(Cl)cc(C(=O)Nc2ccccc2CCCl)c1)C(=O)Nc1ccc(NC(=O)C(N=Nc2cc(Cl)cc(C(=O)Nc3ccccc3CCCl)c2)C(C)=O)c(C(C)Cl)c1. The molecule has 3 unspecified atom stereocenters. The Hall–Kier alpha value is -6.03. The lowest BCUT2D eigenvalue weighted by Crippen LogP contribution is -2.32. The summed E-state index contributed by atoms with van der Waals surface area (Å²) in [5, 5.41) is 26.6. The molecule has 0 heterocycles. The van der Waals surface area contributed by atoms with Crippen LogP contribution in [0, 0.1) is 0 Å². The number of carbonyl (C=O) groups excluding carboxylic acids is 6. The summed E-state index contributed by atoms with van der Waals surface area (Å²) >= 11 is 31.0. The van der Waals surface area contributed by atoms with Gasteiger partial charge in [0.15, 0.2) is 11.6 Å². The number of hydrogen-bond acceptors (Lipinski definition) is 10. The van der Waals surface area contributed by atoms with Crippen LogP contribution in [0.15, 0.2) is 124 Å². The summed E-state index contributed by atoms with van der Waals surface area (Å²) in [5.41, 5.74) is 4.09. The molecule has 0 fully saturated rings. The average molecular weight is 979 g/mol. The Bertz CT molecular complexity index is 2680. The first kappa shape index (κ1) is 50.0. The topological polar surface area (TPSA) is 200 Å². The van der Waals surface area contributed by atoms with Crippen LogP contribution in [-0.4, -0.2) is 59.0 Å². The fourth-order valence-corrected chi connectivity index (χ4v) is 7.27. The number of benzene rings is 5. The van der Waals surface area contributed by atoms with Crippen LogP contribution >= 0.6 is 58.0 Å². The second-order valence-electron chi connectivity index (χ2n) is 14.4. The number of rotatable bonds is 19. The van der Waals surface area contributed by atoms with E-state index in [1.807, 2.05) is 24.3 Å². The standard InChI is InChI=1S/C46H41Cl5N8O6/c1-25(49)37-24-34(52-45(64)41(26(2)60)58-56-35-20-30(18-32(50)22-35)43(62)53-38-10-6-4-8-28(38)14-16-47)12-13-40(37)55-46(65)42(27(3)61)59-57-36-21-31(19-33(51)23-36)44(63)54-39-11-7-5-9-29(39)15-17-48/h4-13,18-25,41-42H,14-17H2,1-3H3,(H,52,64)(H,53,62)(H,54,63)(H,55,65). The maximum absolute atomic E-state index is 13.5. The fraction of sp³-hybridized carbons (Fsp3) is 0.217. The number of ketones is 2. The Kier molecular flexibility index (Phi) is 18.3. The number of anilines is 4. The number of aryl methyl sites for hydroxylation is 2. The van der Waals surface area contributed by atoms with Crippen LogP contribution in [0.2, 0.25) is 10.0 Å². The highest BCUT2D eigenvalue weighted by atomic mass is 35.5. The molecule has 0 aliphatic heterocycles. The van der Waals surface area contributed by atoms with Gasteiger partial charge in [0, 0.05) is 55.7 Å². The number of carbonyl (C=O) groups is 6. The lowest BCUT2D eigenvalue weighted by Gasteiger charge is -2.17. The summed E-state index contributed by atoms with van der Waals surface area (Å²) in [6, 6.07) is 24.1. The largest absolute Gasteiger partial charge is 0.324 e. The van der Waals surface area contributed by atoms with Crippen LogP contribution in [0.25, 0.3) is 0 Å². The number of amides is 4. The number of halogens is 5. The highest BCUT2D eigenvalue weighted by Crippen LogP contribution is 2.32. The molecule has 0 aliphatic rings. The third-order valence-corrected chi connectivity index (χ3v) is 10.4. The van der Waals surface area contributed by atoms with Crippen molar-refractivity contribution < 1.29 is 28.8 Å². The molecule has 4 amide bonds. The molecule has 0 radical (unpaired) electrons. The van der Waals surface area contributed by atoms with Gasteiger partial charge in [-0.2, -0.15) is 20.5 Å². The number of nitrogens with one attached hydrogen (secondary N) is 4. The highest BCUT2D eigenvalue weighted by molar-refractivity contribution is 6.32. The summed E-state index contributed by atoms with van der Waals surface area (Å²) in [5.74, 6) is -3.20. The molecule has 0 aliphatic carbocycles. The second-order valence-corrected chi connectivity index (χ2v) is 16.6. The van der Waals surface area contributed by atoms with Crippen molar-refractivity contribution in [1.29, 1.82) is 0 Å². The molecule has 5 aromatic rings. The smallest absolute Gasteiger partial charge is 0.258 e. The predicted molar refractivity (Wildman–Crippen MR) is 256 cm³/mol. The molecule has 0 spiro atoms. The van der Waals surface area contributed by atoms with Gasteiger partial charge >= 0.3 is 0 Å². The van der Waals surface area contributed by atoms with E-state index in [1.54, 1.807) is 31.2 Å². The molecule has 5 rings (SSSR count). The van der Waals surface area contributed by atoms with Crippen molar-refractivity contribution >= 4 is 127 Å². The molecule has 4 N–H and O–H groups in total. The molecule has 0 aromatic heterocycles. The zero-order chi connectivity index (χ0) is 47.2. The van der Waals surface area contributed by atoms with Crippen LogP contribution in [0.3, 0.4) is 0 Å². The molecule has 336 valence electrons. The maximum Gasteiger partial charge on any atom is 0.258 e. The predicted octanol–water partition coefficient (Wildman–Crippen LogP) is 11.7. The minimum Gasteiger partial charge on any atom is -0.324 e. The normalized spacial score (nSPS) is 12.6. The van der Waals surface area contributed by atoms with E-state index in [0.717, 1.165) is 18.1 Å². The van der Waals surface area contributed by atoms with E-state index in [4.69, 9.17) is 58.0 Å². The molecule has 0 bridgehead atoms. The number of nitrogens with zero attached hydrogens (tertiary/aromatic N) is 4. The highest BCUT2D eigenvalue weighted by Gasteiger charge is 2.27. The van der Waals surface area contributed by atoms with Gasteiger partial charge in [-0.15, -0.1) is 34.8 Å². The first-order chi connectivity index (χ1) is 31.1. The Morgan fingerprint density at radius 2 is 1.00 bits per heavy atom. The second kappa shape index (κ2) is 23.8. The molecule has 14 nitrogen and oxygen atoms in total. The van der Waals surface area contributed by atoms with Gasteiger partial charge in [0.1, 0.15) is 0 Å². The Labute approximate surface area is 399 Å². The molecule has 19 heteroatoms. The molecular weight excluding hydrogens is 938 g/mol. The minimum atomic E-state index is -1.61. The summed E-state index contributed by atoms with van der Waals surface area (Å²) in [6.07, 6.45) is 1.07. The number of azo groups is 2. The summed E-state index contributed by atoms with van der Waals surface area (Å²) in [7, 11) is 0. The number of hydrogen-bond donors (Lipinski definition) is 4. The third kappa shape index (κ3) is 14.2. The van der Waals surface area contributed by atoms with Gasteiger partial charge in [-0.3, -0.25) is 28.8 Å². The van der Waals surface area contributed by atoms with Crippen molar-refractivity contribution in [2.75, 3.05) is 33.0 Å². The van der Waals surface area contributed by atoms with Crippen molar-refractivity contribution in [3.8, 4) is 0 Å². The van der Waals surface area contributed by atoms with Crippen LogP contribution in [0.1, 0.15) is 63.6 Å². The lowest BCUT2D eigenvalue weighted by atomic mass is 10.1. The first-order valence-corrected chi connectivity index (χ1v) is 22.1. The van der Waals surface area contributed by atoms with Gasteiger partial charge in [-0.05, 0) is 117 Å². The summed E-state index contributed by atoms with van der Waals surface area (Å²) < 4.78 is 0. The Morgan fingerprint density at radius 3 is 1.43 bits per heavy atom. The van der Waals surface area contributed by atoms with Crippen molar-refractivity contribution in [1.82, 2.24) is 0 Å². The lowest BCUT2D eigenvalue weighted by molar-refractivity contribution is -0.127. The van der Waals surface area contributed by atoms with Gasteiger partial charge < -0.3 is 21.3 Å². The van der Waals surface area contributed by atoms with Gasteiger partial charge in [0.05, 0.1) is 16.8 Å². The molecule has 0 saturated heterocycles. The fourth-order valence-electron chi connectivity index (χ4n) is 6.22. The minimum absolute atomic E-state index is 0.107. The van der Waals surface area contributed by atoms with Crippen molar-refractivity contribution in [2.24, 2.45) is 20.5 Å². The molecule has 65 heavy (non-hydrogen) atoms. The third-order valence-electron chi connectivity index (χ3n) is 9.40. The number of para-hydroxylation sites is 2. The van der Waals surface area contributed by atoms with Gasteiger partial charge in [-0.1, -0.05) is 59.6 Å². The van der Waals surface area contributed by atoms with Crippen molar-refractivity contribution in [2.45, 2.75) is 51.1 Å². The van der Waals surface area contributed by atoms with Crippen LogP contribution < -0.4 is 21.3 Å². The Balaban J connectivity index is 1.28. The van der Waals surface area contributed by atoms with Crippen molar-refractivity contribution in [3.63, 3.8) is 0 Å². The number of Topliss-reactive ketones (excluding diaryl/α,β-unsaturated/α-hetero) is 2. The quantitative estimate of drug-likeness (QED) is 0.0360. The monoisotopic (exact) mass is 976 g/mol. The summed E-state index contributed by atoms with van der Waals surface area (Å²) in [4.78, 5) is 78.6. The molecule has 5 aromatic carbocycles. The number of alkyl halides is 3. The van der Waals surface area contributed by atoms with Gasteiger partial charge in [-0.25, -0.2) is 0 Å². The average Bonchev–Trinajstić information content (AvgIpc) is 3.25. The van der Waals surface area contributed by atoms with E-state index >= 15 is 0 Å². The van der Waals surface area contributed by atoms with Crippen molar-refractivity contribution in [3.05, 3.63) is 141 Å². The summed E-state index contributed by atoms with van der Waals surface area (Å²) in [6.45, 7) is 3.95. The maximum atomic E-state index is 13.5. The van der Waals surface area contributed by atoms with E-state index in [9.17, 15) is 28.8 Å². The van der Waals surface area contributed by atoms with Crippen LogP contribution in [-0.2, 0) is 32.0 Å². The van der Waals surface area contributed by atoms with Gasteiger partial charge in [0.2, 0.25) is 12.1 Å². The van der Waals surface area contributed by atoms with E-state index in [0.29, 0.717) is 41.5 Å². The van der Waals surface area contributed by atoms with E-state index in [1.165, 1.54) is 61.5 Å². The zero-order valence-corrected chi connectivity index (χ0v) is 38.8. The van der Waals surface area contributed by atoms with E-state index in [-0.39, 0.29) is 43.9 Å². The van der Waals surface area contributed by atoms with E-state index < -0.39 is 52.7 Å². The van der Waals surface area contributed by atoms with E-state index in [2.05, 4.69) is 41.7 Å². The molecule has 3 atom stereocenters. The van der Waals surface area contributed by atoms with Crippen LogP contribution in [0.5, 0.6) is 0 Å². The molecular formula is C46H41Cl5N8O6.